The van der Waals surface area contributed by atoms with Gasteiger partial charge in [0.25, 0.3) is 0 Å². The highest BCUT2D eigenvalue weighted by molar-refractivity contribution is 7.16. The van der Waals surface area contributed by atoms with Gasteiger partial charge in [-0.25, -0.2) is 4.79 Å². The van der Waals surface area contributed by atoms with Crippen LogP contribution in [-0.2, 0) is 22.4 Å². The summed E-state index contributed by atoms with van der Waals surface area (Å²) in [6.45, 7) is 6.25. The van der Waals surface area contributed by atoms with Crippen LogP contribution in [0.15, 0.2) is 0 Å². The second-order valence-electron chi connectivity index (χ2n) is 9.81. The smallest absolute Gasteiger partial charge is 0.324 e. The van der Waals surface area contributed by atoms with Gasteiger partial charge in [-0.15, -0.1) is 11.3 Å². The predicted octanol–water partition coefficient (Wildman–Crippen LogP) is 0.965. The third kappa shape index (κ3) is 7.40. The average Bonchev–Trinajstić information content (AvgIpc) is 3.19. The van der Waals surface area contributed by atoms with Crippen molar-refractivity contribution in [3.05, 3.63) is 16.0 Å². The molecular formula is C25H41N7O3S. The average molecular weight is 520 g/mol. The molecule has 1 fully saturated rings. The van der Waals surface area contributed by atoms with Gasteiger partial charge in [-0.2, -0.15) is 5.26 Å². The Morgan fingerprint density at radius 3 is 2.75 bits per heavy atom. The Morgan fingerprint density at radius 2 is 2.08 bits per heavy atom. The molecule has 0 saturated carbocycles. The fourth-order valence-corrected chi connectivity index (χ4v) is 6.19. The van der Waals surface area contributed by atoms with Crippen LogP contribution in [0.25, 0.3) is 0 Å². The van der Waals surface area contributed by atoms with E-state index in [1.54, 1.807) is 7.11 Å². The van der Waals surface area contributed by atoms with Crippen molar-refractivity contribution < 1.29 is 14.3 Å². The summed E-state index contributed by atoms with van der Waals surface area (Å²) in [5.41, 5.74) is 7.69. The molecule has 0 spiro atoms. The maximum absolute atomic E-state index is 13.6. The first-order valence-electron chi connectivity index (χ1n) is 12.8. The van der Waals surface area contributed by atoms with Crippen molar-refractivity contribution in [2.24, 2.45) is 11.8 Å². The lowest BCUT2D eigenvalue weighted by molar-refractivity contribution is -0.133. The van der Waals surface area contributed by atoms with Crippen molar-refractivity contribution in [1.29, 1.82) is 5.26 Å². The van der Waals surface area contributed by atoms with Crippen molar-refractivity contribution in [2.75, 3.05) is 85.9 Å². The van der Waals surface area contributed by atoms with E-state index in [4.69, 9.17) is 10.5 Å². The number of aryl methyl sites for hydroxylation is 1. The molecule has 0 aromatic carbocycles. The van der Waals surface area contributed by atoms with Gasteiger partial charge in [0.2, 0.25) is 5.91 Å². The SMILES string of the molecule is CNCC(CC1CCc2sc(N)c(C#N)c2C1)C(=O)N(CCOC)C(=O)NCCN1CCN(C)CC1. The van der Waals surface area contributed by atoms with Crippen molar-refractivity contribution in [3.8, 4) is 6.07 Å². The van der Waals surface area contributed by atoms with Gasteiger partial charge in [-0.1, -0.05) is 0 Å². The molecule has 3 amide bonds. The van der Waals surface area contributed by atoms with E-state index in [0.717, 1.165) is 57.5 Å². The van der Waals surface area contributed by atoms with Crippen molar-refractivity contribution >= 4 is 28.3 Å². The highest BCUT2D eigenvalue weighted by atomic mass is 32.1. The van der Waals surface area contributed by atoms with E-state index in [2.05, 4.69) is 33.6 Å². The molecule has 4 N–H and O–H groups in total. The number of hydrogen-bond acceptors (Lipinski definition) is 9. The monoisotopic (exact) mass is 519 g/mol. The molecule has 11 heteroatoms. The van der Waals surface area contributed by atoms with Crippen molar-refractivity contribution in [3.63, 3.8) is 0 Å². The van der Waals surface area contributed by atoms with Crippen LogP contribution in [0.4, 0.5) is 9.80 Å². The first kappa shape index (κ1) is 28.3. The van der Waals surface area contributed by atoms with Crippen LogP contribution in [-0.4, -0.2) is 107 Å². The summed E-state index contributed by atoms with van der Waals surface area (Å²) in [4.78, 5) is 33.8. The van der Waals surface area contributed by atoms with Crippen LogP contribution in [0.5, 0.6) is 0 Å². The molecule has 2 heterocycles. The Labute approximate surface area is 218 Å². The zero-order chi connectivity index (χ0) is 26.1. The predicted molar refractivity (Wildman–Crippen MR) is 142 cm³/mol. The molecule has 1 saturated heterocycles. The zero-order valence-electron chi connectivity index (χ0n) is 21.8. The summed E-state index contributed by atoms with van der Waals surface area (Å²) < 4.78 is 5.20. The van der Waals surface area contributed by atoms with Gasteiger partial charge < -0.3 is 26.0 Å². The summed E-state index contributed by atoms with van der Waals surface area (Å²) in [5.74, 6) is -0.275. The molecule has 0 radical (unpaired) electrons. The Kier molecular flexibility index (Phi) is 10.9. The van der Waals surface area contributed by atoms with Gasteiger partial charge in [-0.3, -0.25) is 14.6 Å². The summed E-state index contributed by atoms with van der Waals surface area (Å²) in [6.07, 6.45) is 3.21. The van der Waals surface area contributed by atoms with Gasteiger partial charge in [0.1, 0.15) is 11.1 Å². The van der Waals surface area contributed by atoms with Crippen molar-refractivity contribution in [2.45, 2.75) is 25.7 Å². The number of imide groups is 1. The number of fused-ring (bicyclic) bond motifs is 1. The van der Waals surface area contributed by atoms with Crippen LogP contribution in [0.2, 0.25) is 0 Å². The minimum absolute atomic E-state index is 0.186. The first-order valence-corrected chi connectivity index (χ1v) is 13.6. The molecule has 1 aromatic rings. The standard InChI is InChI=1S/C25H41N7O3S/c1-28-17-19(14-18-4-5-22-20(15-18)21(16-26)23(27)36-22)24(33)32(12-13-35-3)25(34)29-6-7-31-10-8-30(2)9-11-31/h18-19,28H,4-15,17,27H2,1-3H3,(H,29,34). The first-order chi connectivity index (χ1) is 17.4. The quantitative estimate of drug-likeness (QED) is 0.395. The highest BCUT2D eigenvalue weighted by Gasteiger charge is 2.33. The Balaban J connectivity index is 1.61. The third-order valence-electron chi connectivity index (χ3n) is 7.25. The van der Waals surface area contributed by atoms with Crippen molar-refractivity contribution in [1.82, 2.24) is 25.3 Å². The molecular weight excluding hydrogens is 478 g/mol. The van der Waals surface area contributed by atoms with Crippen LogP contribution in [0.1, 0.15) is 28.8 Å². The number of likely N-dealkylation sites (N-methyl/N-ethyl adjacent to an activating group) is 1. The number of carbonyl (C=O) groups is 2. The van der Waals surface area contributed by atoms with E-state index in [0.29, 0.717) is 30.1 Å². The highest BCUT2D eigenvalue weighted by Crippen LogP contribution is 2.39. The number of nitrogen functional groups attached to an aromatic ring is 1. The van der Waals surface area contributed by atoms with Crippen LogP contribution in [0.3, 0.4) is 0 Å². The van der Waals surface area contributed by atoms with Gasteiger partial charge in [0, 0.05) is 57.8 Å². The lowest BCUT2D eigenvalue weighted by Gasteiger charge is -2.33. The molecule has 36 heavy (non-hydrogen) atoms. The number of methoxy groups -OCH3 is 1. The molecule has 200 valence electrons. The topological polar surface area (TPSA) is 127 Å². The second-order valence-corrected chi connectivity index (χ2v) is 11.0. The summed E-state index contributed by atoms with van der Waals surface area (Å²) in [7, 11) is 5.50. The number of nitrogens with one attached hydrogen (secondary N) is 2. The summed E-state index contributed by atoms with van der Waals surface area (Å²) in [6, 6.07) is 1.89. The van der Waals surface area contributed by atoms with Gasteiger partial charge in [0.05, 0.1) is 24.6 Å². The number of anilines is 1. The van der Waals surface area contributed by atoms with E-state index >= 15 is 0 Å². The largest absolute Gasteiger partial charge is 0.389 e. The summed E-state index contributed by atoms with van der Waals surface area (Å²) in [5, 5.41) is 16.2. The fraction of sp³-hybridized carbons (Fsp3) is 0.720. The molecule has 1 aromatic heterocycles. The number of nitrogens with zero attached hydrogens (tertiary/aromatic N) is 4. The number of thiophene rings is 1. The molecule has 2 unspecified atom stereocenters. The number of ether oxygens (including phenoxy) is 1. The van der Waals surface area contributed by atoms with E-state index < -0.39 is 0 Å². The number of urea groups is 1. The Morgan fingerprint density at radius 1 is 1.33 bits per heavy atom. The normalized spacial score (nSPS) is 19.3. The Bertz CT molecular complexity index is 923. The van der Waals surface area contributed by atoms with E-state index in [1.807, 2.05) is 7.05 Å². The number of rotatable bonds is 11. The van der Waals surface area contributed by atoms with E-state index in [1.165, 1.54) is 21.1 Å². The zero-order valence-corrected chi connectivity index (χ0v) is 22.7. The summed E-state index contributed by atoms with van der Waals surface area (Å²) >= 11 is 1.51. The van der Waals surface area contributed by atoms with Gasteiger partial charge in [0.15, 0.2) is 0 Å². The van der Waals surface area contributed by atoms with Gasteiger partial charge in [-0.05, 0) is 51.3 Å². The number of nitriles is 1. The number of amides is 3. The maximum atomic E-state index is 13.6. The van der Waals surface area contributed by atoms with Crippen LogP contribution < -0.4 is 16.4 Å². The molecule has 1 aliphatic heterocycles. The molecule has 1 aliphatic carbocycles. The molecule has 0 bridgehead atoms. The fourth-order valence-electron chi connectivity index (χ4n) is 5.12. The molecule has 3 rings (SSSR count). The number of carbonyl (C=O) groups excluding carboxylic acids is 2. The van der Waals surface area contributed by atoms with Crippen LogP contribution in [0, 0.1) is 23.2 Å². The van der Waals surface area contributed by atoms with Gasteiger partial charge >= 0.3 is 6.03 Å². The Hall–Kier alpha value is -2.23. The minimum atomic E-state index is -0.365. The second kappa shape index (κ2) is 13.9. The molecule has 2 atom stereocenters. The van der Waals surface area contributed by atoms with Crippen LogP contribution >= 0.6 is 11.3 Å². The number of piperazine rings is 1. The number of nitrogens with two attached hydrogens (primary N) is 1. The van der Waals surface area contributed by atoms with E-state index in [9.17, 15) is 14.9 Å². The van der Waals surface area contributed by atoms with E-state index in [-0.39, 0.29) is 36.9 Å². The number of hydrogen-bond donors (Lipinski definition) is 3. The third-order valence-corrected chi connectivity index (χ3v) is 8.37. The lowest BCUT2D eigenvalue weighted by atomic mass is 9.80. The minimum Gasteiger partial charge on any atom is -0.389 e. The molecule has 2 aliphatic rings. The molecule has 10 nitrogen and oxygen atoms in total. The lowest BCUT2D eigenvalue weighted by Crippen LogP contribution is -2.51. The maximum Gasteiger partial charge on any atom is 0.324 e.